The molecule has 0 aromatic carbocycles. The normalized spacial score (nSPS) is 19.2. The Morgan fingerprint density at radius 2 is 2.06 bits per heavy atom. The predicted molar refractivity (Wildman–Crippen MR) is 68.8 cm³/mol. The van der Waals surface area contributed by atoms with Gasteiger partial charge in [0.15, 0.2) is 0 Å². The molecule has 1 aliphatic rings. The van der Waals surface area contributed by atoms with Crippen molar-refractivity contribution in [3.8, 4) is 0 Å². The van der Waals surface area contributed by atoms with Crippen LogP contribution in [-0.4, -0.2) is 29.5 Å². The predicted octanol–water partition coefficient (Wildman–Crippen LogP) is 2.25. The van der Waals surface area contributed by atoms with E-state index in [4.69, 9.17) is 5.73 Å². The molecule has 2 rings (SSSR count). The molecule has 1 aromatic rings. The Kier molecular flexibility index (Phi) is 3.95. The molecule has 1 fully saturated rings. The van der Waals surface area contributed by atoms with Crippen LogP contribution in [0.3, 0.4) is 0 Å². The first-order chi connectivity index (χ1) is 7.72. The Labute approximate surface area is 102 Å². The fourth-order valence-corrected chi connectivity index (χ4v) is 3.64. The number of rotatable bonds is 4. The van der Waals surface area contributed by atoms with Gasteiger partial charge in [-0.3, -0.25) is 4.90 Å². The largest absolute Gasteiger partial charge is 0.330 e. The average Bonchev–Trinajstić information content (AvgIpc) is 2.85. The van der Waals surface area contributed by atoms with Crippen molar-refractivity contribution in [2.45, 2.75) is 39.2 Å². The second kappa shape index (κ2) is 5.25. The molecule has 0 amide bonds. The van der Waals surface area contributed by atoms with E-state index >= 15 is 0 Å². The number of thiazole rings is 1. The minimum atomic E-state index is 0.513. The smallest absolute Gasteiger partial charge is 0.0900 e. The average molecular weight is 239 g/mol. The van der Waals surface area contributed by atoms with E-state index in [1.165, 1.54) is 41.5 Å². The Morgan fingerprint density at radius 3 is 2.56 bits per heavy atom. The first-order valence-corrected chi connectivity index (χ1v) is 6.92. The standard InChI is InChI=1S/C12H21N3S/c1-9-12(16-10(2)14-9)11(5-6-13)15-7-3-4-8-15/h11H,3-8,13H2,1-2H3. The minimum absolute atomic E-state index is 0.513. The van der Waals surface area contributed by atoms with E-state index in [9.17, 15) is 0 Å². The summed E-state index contributed by atoms with van der Waals surface area (Å²) in [5.74, 6) is 0. The summed E-state index contributed by atoms with van der Waals surface area (Å²) in [6.07, 6.45) is 3.72. The molecule has 3 nitrogen and oxygen atoms in total. The van der Waals surface area contributed by atoms with Gasteiger partial charge in [0.2, 0.25) is 0 Å². The summed E-state index contributed by atoms with van der Waals surface area (Å²) >= 11 is 1.84. The zero-order chi connectivity index (χ0) is 11.5. The van der Waals surface area contributed by atoms with E-state index in [1.807, 2.05) is 11.3 Å². The van der Waals surface area contributed by atoms with Crippen molar-refractivity contribution in [2.24, 2.45) is 5.73 Å². The number of hydrogen-bond acceptors (Lipinski definition) is 4. The first kappa shape index (κ1) is 12.0. The van der Waals surface area contributed by atoms with Gasteiger partial charge in [-0.1, -0.05) is 0 Å². The molecule has 0 radical (unpaired) electrons. The lowest BCUT2D eigenvalue weighted by molar-refractivity contribution is 0.238. The summed E-state index contributed by atoms with van der Waals surface area (Å²) in [5.41, 5.74) is 6.95. The van der Waals surface area contributed by atoms with Gasteiger partial charge in [0.05, 0.1) is 10.7 Å². The molecule has 0 bridgehead atoms. The third kappa shape index (κ3) is 2.44. The van der Waals surface area contributed by atoms with Crippen molar-refractivity contribution in [2.75, 3.05) is 19.6 Å². The van der Waals surface area contributed by atoms with Crippen molar-refractivity contribution in [1.82, 2.24) is 9.88 Å². The van der Waals surface area contributed by atoms with Gasteiger partial charge in [-0.2, -0.15) is 0 Å². The Morgan fingerprint density at radius 1 is 1.38 bits per heavy atom. The molecule has 1 saturated heterocycles. The van der Waals surface area contributed by atoms with Crippen LogP contribution in [0.5, 0.6) is 0 Å². The highest BCUT2D eigenvalue weighted by atomic mass is 32.1. The molecule has 0 aliphatic carbocycles. The number of aryl methyl sites for hydroxylation is 2. The topological polar surface area (TPSA) is 42.1 Å². The Bertz CT molecular complexity index is 342. The molecular formula is C12H21N3S. The Hall–Kier alpha value is -0.450. The molecule has 90 valence electrons. The van der Waals surface area contributed by atoms with Gasteiger partial charge in [0.25, 0.3) is 0 Å². The minimum Gasteiger partial charge on any atom is -0.330 e. The van der Waals surface area contributed by atoms with Gasteiger partial charge in [0, 0.05) is 10.9 Å². The maximum atomic E-state index is 5.75. The highest BCUT2D eigenvalue weighted by Crippen LogP contribution is 2.33. The number of hydrogen-bond donors (Lipinski definition) is 1. The molecule has 16 heavy (non-hydrogen) atoms. The summed E-state index contributed by atoms with van der Waals surface area (Å²) in [7, 11) is 0. The molecule has 0 spiro atoms. The molecule has 2 heterocycles. The summed E-state index contributed by atoms with van der Waals surface area (Å²) in [5, 5.41) is 1.17. The summed E-state index contributed by atoms with van der Waals surface area (Å²) < 4.78 is 0. The number of likely N-dealkylation sites (tertiary alicyclic amines) is 1. The first-order valence-electron chi connectivity index (χ1n) is 6.10. The van der Waals surface area contributed by atoms with Crippen LogP contribution in [0.1, 0.15) is 40.9 Å². The van der Waals surface area contributed by atoms with E-state index in [0.717, 1.165) is 13.0 Å². The van der Waals surface area contributed by atoms with Crippen molar-refractivity contribution in [1.29, 1.82) is 0 Å². The lowest BCUT2D eigenvalue weighted by Gasteiger charge is -2.26. The second-order valence-electron chi connectivity index (χ2n) is 4.52. The number of nitrogens with zero attached hydrogens (tertiary/aromatic N) is 2. The van der Waals surface area contributed by atoms with Crippen LogP contribution in [0.25, 0.3) is 0 Å². The van der Waals surface area contributed by atoms with Crippen LogP contribution < -0.4 is 5.73 Å². The molecule has 1 aromatic heterocycles. The fraction of sp³-hybridized carbons (Fsp3) is 0.750. The van der Waals surface area contributed by atoms with Gasteiger partial charge < -0.3 is 5.73 Å². The molecule has 0 saturated carbocycles. The monoisotopic (exact) mass is 239 g/mol. The lowest BCUT2D eigenvalue weighted by atomic mass is 10.1. The SMILES string of the molecule is Cc1nc(C)c(C(CCN)N2CCCC2)s1. The third-order valence-corrected chi connectivity index (χ3v) is 4.44. The van der Waals surface area contributed by atoms with Crippen LogP contribution in [0.15, 0.2) is 0 Å². The van der Waals surface area contributed by atoms with Gasteiger partial charge >= 0.3 is 0 Å². The number of aromatic nitrogens is 1. The van der Waals surface area contributed by atoms with E-state index in [2.05, 4.69) is 23.7 Å². The quantitative estimate of drug-likeness (QED) is 0.876. The molecular weight excluding hydrogens is 218 g/mol. The molecule has 2 N–H and O–H groups in total. The zero-order valence-corrected chi connectivity index (χ0v) is 11.0. The van der Waals surface area contributed by atoms with E-state index in [0.29, 0.717) is 6.04 Å². The van der Waals surface area contributed by atoms with Gasteiger partial charge in [-0.25, -0.2) is 4.98 Å². The van der Waals surface area contributed by atoms with Gasteiger partial charge in [-0.15, -0.1) is 11.3 Å². The van der Waals surface area contributed by atoms with Crippen LogP contribution >= 0.6 is 11.3 Å². The lowest BCUT2D eigenvalue weighted by Crippen LogP contribution is -2.27. The van der Waals surface area contributed by atoms with E-state index < -0.39 is 0 Å². The second-order valence-corrected chi connectivity index (χ2v) is 5.75. The van der Waals surface area contributed by atoms with Crippen molar-refractivity contribution in [3.63, 3.8) is 0 Å². The van der Waals surface area contributed by atoms with Gasteiger partial charge in [-0.05, 0) is 52.7 Å². The summed E-state index contributed by atoms with van der Waals surface area (Å²) in [4.78, 5) is 8.55. The molecule has 1 aliphatic heterocycles. The summed E-state index contributed by atoms with van der Waals surface area (Å²) in [6, 6.07) is 0.513. The maximum absolute atomic E-state index is 5.75. The molecule has 4 heteroatoms. The van der Waals surface area contributed by atoms with Crippen molar-refractivity contribution in [3.05, 3.63) is 15.6 Å². The van der Waals surface area contributed by atoms with Crippen molar-refractivity contribution >= 4 is 11.3 Å². The van der Waals surface area contributed by atoms with Crippen LogP contribution in [0.4, 0.5) is 0 Å². The van der Waals surface area contributed by atoms with Crippen LogP contribution in [0, 0.1) is 13.8 Å². The van der Waals surface area contributed by atoms with Crippen molar-refractivity contribution < 1.29 is 0 Å². The highest BCUT2D eigenvalue weighted by molar-refractivity contribution is 7.11. The Balaban J connectivity index is 2.20. The fourth-order valence-electron chi connectivity index (χ4n) is 2.55. The van der Waals surface area contributed by atoms with Crippen LogP contribution in [-0.2, 0) is 0 Å². The van der Waals surface area contributed by atoms with Gasteiger partial charge in [0.1, 0.15) is 0 Å². The summed E-state index contributed by atoms with van der Waals surface area (Å²) in [6.45, 7) is 7.42. The zero-order valence-electron chi connectivity index (χ0n) is 10.2. The maximum Gasteiger partial charge on any atom is 0.0900 e. The number of nitrogens with two attached hydrogens (primary N) is 1. The third-order valence-electron chi connectivity index (χ3n) is 3.26. The molecule has 1 atom stereocenters. The highest BCUT2D eigenvalue weighted by Gasteiger charge is 2.25. The molecule has 1 unspecified atom stereocenters. The van der Waals surface area contributed by atoms with Crippen LogP contribution in [0.2, 0.25) is 0 Å². The van der Waals surface area contributed by atoms with E-state index in [-0.39, 0.29) is 0 Å². The van der Waals surface area contributed by atoms with E-state index in [1.54, 1.807) is 0 Å².